The van der Waals surface area contributed by atoms with Gasteiger partial charge in [0.1, 0.15) is 4.90 Å². The lowest BCUT2D eigenvalue weighted by molar-refractivity contribution is -0.386. The number of nitro groups is 1. The Balaban J connectivity index is 3.32. The van der Waals surface area contributed by atoms with Gasteiger partial charge in [0, 0.05) is 6.07 Å². The molecule has 1 rings (SSSR count). The van der Waals surface area contributed by atoms with E-state index in [4.69, 9.17) is 9.29 Å². The molecule has 0 radical (unpaired) electrons. The summed E-state index contributed by atoms with van der Waals surface area (Å²) in [4.78, 5) is 9.42. The van der Waals surface area contributed by atoms with E-state index < -0.39 is 25.6 Å². The van der Waals surface area contributed by atoms with E-state index in [-0.39, 0.29) is 11.9 Å². The van der Waals surface area contributed by atoms with Crippen molar-refractivity contribution in [2.75, 3.05) is 0 Å². The molecule has 0 heterocycles. The maximum Gasteiger partial charge on any atom is 0.312 e. The summed E-state index contributed by atoms with van der Waals surface area (Å²) in [6.45, 7) is 3.36. The first-order chi connectivity index (χ1) is 7.71. The van der Waals surface area contributed by atoms with Crippen LogP contribution in [-0.4, -0.2) is 24.0 Å². The van der Waals surface area contributed by atoms with Gasteiger partial charge in [0.25, 0.3) is 10.1 Å². The molecule has 1 aromatic rings. The number of nitro benzene ring substituents is 1. The normalized spacial score (nSPS) is 11.5. The average Bonchev–Trinajstić information content (AvgIpc) is 2.15. The van der Waals surface area contributed by atoms with Gasteiger partial charge in [-0.25, -0.2) is 0 Å². The van der Waals surface area contributed by atoms with Gasteiger partial charge in [0.05, 0.1) is 11.0 Å². The Labute approximate surface area is 97.9 Å². The fourth-order valence-electron chi connectivity index (χ4n) is 1.15. The van der Waals surface area contributed by atoms with Gasteiger partial charge in [0.15, 0.2) is 5.75 Å². The summed E-state index contributed by atoms with van der Waals surface area (Å²) in [7, 11) is -4.46. The third-order valence-electron chi connectivity index (χ3n) is 1.79. The molecule has 0 aliphatic rings. The first-order valence-electron chi connectivity index (χ1n) is 4.64. The molecule has 0 unspecified atom stereocenters. The van der Waals surface area contributed by atoms with Crippen LogP contribution in [0.3, 0.4) is 0 Å². The zero-order chi connectivity index (χ0) is 13.2. The summed E-state index contributed by atoms with van der Waals surface area (Å²) in [6, 6.07) is 2.94. The predicted molar refractivity (Wildman–Crippen MR) is 58.7 cm³/mol. The predicted octanol–water partition coefficient (Wildman–Crippen LogP) is 1.63. The molecular formula is C9H11NO6S. The van der Waals surface area contributed by atoms with E-state index in [0.29, 0.717) is 0 Å². The number of ether oxygens (including phenoxy) is 1. The molecule has 8 heteroatoms. The second-order valence-corrected chi connectivity index (χ2v) is 4.95. The minimum absolute atomic E-state index is 0.0441. The van der Waals surface area contributed by atoms with E-state index in [1.165, 1.54) is 0 Å². The lowest BCUT2D eigenvalue weighted by Gasteiger charge is -2.10. The van der Waals surface area contributed by atoms with Crippen molar-refractivity contribution in [3.8, 4) is 5.75 Å². The summed E-state index contributed by atoms with van der Waals surface area (Å²) >= 11 is 0. The SMILES string of the molecule is CC(C)Oc1ccc(S(=O)(=O)O)cc1[N+](=O)[O-]. The van der Waals surface area contributed by atoms with Crippen LogP contribution in [0, 0.1) is 10.1 Å². The van der Waals surface area contributed by atoms with Crippen molar-refractivity contribution in [2.24, 2.45) is 0 Å². The molecule has 7 nitrogen and oxygen atoms in total. The van der Waals surface area contributed by atoms with Crippen LogP contribution in [0.25, 0.3) is 0 Å². The zero-order valence-electron chi connectivity index (χ0n) is 9.15. The Morgan fingerprint density at radius 3 is 2.41 bits per heavy atom. The van der Waals surface area contributed by atoms with Crippen LogP contribution in [-0.2, 0) is 10.1 Å². The van der Waals surface area contributed by atoms with E-state index in [1.54, 1.807) is 13.8 Å². The number of hydrogen-bond donors (Lipinski definition) is 1. The molecular weight excluding hydrogens is 250 g/mol. The van der Waals surface area contributed by atoms with Gasteiger partial charge in [-0.3, -0.25) is 14.7 Å². The fourth-order valence-corrected chi connectivity index (χ4v) is 1.65. The van der Waals surface area contributed by atoms with Crippen molar-refractivity contribution in [3.63, 3.8) is 0 Å². The molecule has 0 saturated carbocycles. The highest BCUT2D eigenvalue weighted by Crippen LogP contribution is 2.30. The van der Waals surface area contributed by atoms with E-state index in [2.05, 4.69) is 0 Å². The quantitative estimate of drug-likeness (QED) is 0.501. The van der Waals surface area contributed by atoms with Crippen molar-refractivity contribution in [2.45, 2.75) is 24.8 Å². The summed E-state index contributed by atoms with van der Waals surface area (Å²) in [5.41, 5.74) is -0.506. The monoisotopic (exact) mass is 261 g/mol. The molecule has 0 saturated heterocycles. The van der Waals surface area contributed by atoms with Gasteiger partial charge in [-0.2, -0.15) is 8.42 Å². The summed E-state index contributed by atoms with van der Waals surface area (Å²) in [5, 5.41) is 10.7. The number of nitrogens with zero attached hydrogens (tertiary/aromatic N) is 1. The molecule has 0 aliphatic carbocycles. The first kappa shape index (κ1) is 13.4. The average molecular weight is 261 g/mol. The van der Waals surface area contributed by atoms with Crippen LogP contribution in [0.2, 0.25) is 0 Å². The lowest BCUT2D eigenvalue weighted by atomic mass is 10.3. The molecule has 1 N–H and O–H groups in total. The molecule has 0 atom stereocenters. The van der Waals surface area contributed by atoms with Gasteiger partial charge in [-0.1, -0.05) is 0 Å². The minimum atomic E-state index is -4.46. The topological polar surface area (TPSA) is 107 Å². The van der Waals surface area contributed by atoms with Crippen LogP contribution < -0.4 is 4.74 Å². The molecule has 0 bridgehead atoms. The molecule has 0 fully saturated rings. The maximum absolute atomic E-state index is 10.8. The molecule has 17 heavy (non-hydrogen) atoms. The number of rotatable bonds is 4. The second kappa shape index (κ2) is 4.68. The Morgan fingerprint density at radius 2 is 2.00 bits per heavy atom. The van der Waals surface area contributed by atoms with Gasteiger partial charge in [-0.15, -0.1) is 0 Å². The first-order valence-corrected chi connectivity index (χ1v) is 6.08. The molecule has 0 amide bonds. The van der Waals surface area contributed by atoms with Gasteiger partial charge < -0.3 is 4.74 Å². The zero-order valence-corrected chi connectivity index (χ0v) is 9.97. The molecule has 1 aromatic carbocycles. The number of benzene rings is 1. The minimum Gasteiger partial charge on any atom is -0.484 e. The maximum atomic E-state index is 10.8. The highest BCUT2D eigenvalue weighted by Gasteiger charge is 2.21. The van der Waals surface area contributed by atoms with Crippen LogP contribution >= 0.6 is 0 Å². The summed E-state index contributed by atoms with van der Waals surface area (Å²) < 4.78 is 35.6. The van der Waals surface area contributed by atoms with Crippen LogP contribution in [0.4, 0.5) is 5.69 Å². The lowest BCUT2D eigenvalue weighted by Crippen LogP contribution is -2.08. The van der Waals surface area contributed by atoms with E-state index in [0.717, 1.165) is 18.2 Å². The standard InChI is InChI=1S/C9H11NO6S/c1-6(2)16-9-4-3-7(17(13,14)15)5-8(9)10(11)12/h3-6H,1-2H3,(H,13,14,15). The smallest absolute Gasteiger partial charge is 0.312 e. The van der Waals surface area contributed by atoms with Crippen LogP contribution in [0.15, 0.2) is 23.1 Å². The molecule has 0 aliphatic heterocycles. The Bertz CT molecular complexity index is 536. The molecule has 0 spiro atoms. The van der Waals surface area contributed by atoms with Gasteiger partial charge in [0.2, 0.25) is 0 Å². The molecule has 0 aromatic heterocycles. The van der Waals surface area contributed by atoms with Crippen molar-refractivity contribution >= 4 is 15.8 Å². The van der Waals surface area contributed by atoms with Crippen molar-refractivity contribution in [3.05, 3.63) is 28.3 Å². The van der Waals surface area contributed by atoms with Crippen molar-refractivity contribution < 1.29 is 22.6 Å². The third kappa shape index (κ3) is 3.40. The molecule has 94 valence electrons. The summed E-state index contributed by atoms with van der Waals surface area (Å²) in [5.74, 6) is -0.0441. The van der Waals surface area contributed by atoms with E-state index in [9.17, 15) is 18.5 Å². The number of hydrogen-bond acceptors (Lipinski definition) is 5. The van der Waals surface area contributed by atoms with Crippen molar-refractivity contribution in [1.29, 1.82) is 0 Å². The highest BCUT2D eigenvalue weighted by molar-refractivity contribution is 7.85. The van der Waals surface area contributed by atoms with Gasteiger partial charge >= 0.3 is 5.69 Å². The third-order valence-corrected chi connectivity index (χ3v) is 2.64. The van der Waals surface area contributed by atoms with Crippen LogP contribution in [0.5, 0.6) is 5.75 Å². The summed E-state index contributed by atoms with van der Waals surface area (Å²) in [6.07, 6.45) is -0.287. The largest absolute Gasteiger partial charge is 0.484 e. The van der Waals surface area contributed by atoms with Crippen LogP contribution in [0.1, 0.15) is 13.8 Å². The Hall–Kier alpha value is -1.67. The Kier molecular flexibility index (Phi) is 3.69. The highest BCUT2D eigenvalue weighted by atomic mass is 32.2. The second-order valence-electron chi connectivity index (χ2n) is 3.53. The van der Waals surface area contributed by atoms with E-state index in [1.807, 2.05) is 0 Å². The Morgan fingerprint density at radius 1 is 1.41 bits per heavy atom. The van der Waals surface area contributed by atoms with E-state index >= 15 is 0 Å². The van der Waals surface area contributed by atoms with Crippen molar-refractivity contribution in [1.82, 2.24) is 0 Å². The fraction of sp³-hybridized carbons (Fsp3) is 0.333. The van der Waals surface area contributed by atoms with Gasteiger partial charge in [-0.05, 0) is 26.0 Å².